The second-order valence-corrected chi connectivity index (χ2v) is 6.72. The van der Waals surface area contributed by atoms with Crippen molar-refractivity contribution in [1.82, 2.24) is 0 Å². The number of amides is 3. The van der Waals surface area contributed by atoms with Crippen molar-refractivity contribution >= 4 is 40.7 Å². The Morgan fingerprint density at radius 3 is 2.24 bits per heavy atom. The summed E-state index contributed by atoms with van der Waals surface area (Å²) in [6.07, 6.45) is 0. The zero-order chi connectivity index (χ0) is 20.4. The highest BCUT2D eigenvalue weighted by Gasteiger charge is 2.36. The molecule has 7 heteroatoms. The number of hydrogen-bond donors (Lipinski definition) is 1. The third-order valence-electron chi connectivity index (χ3n) is 4.38. The van der Waals surface area contributed by atoms with Crippen molar-refractivity contribution in [3.05, 3.63) is 88.9 Å². The van der Waals surface area contributed by atoms with Crippen LogP contribution in [-0.2, 0) is 4.79 Å². The minimum atomic E-state index is -0.399. The van der Waals surface area contributed by atoms with Gasteiger partial charge in [0.05, 0.1) is 21.8 Å². The lowest BCUT2D eigenvalue weighted by atomic mass is 10.1. The third-order valence-corrected chi connectivity index (χ3v) is 4.69. The summed E-state index contributed by atoms with van der Waals surface area (Å²) in [5, 5.41) is 3.10. The smallest absolute Gasteiger partial charge is 0.266 e. The second-order valence-electron chi connectivity index (χ2n) is 6.31. The van der Waals surface area contributed by atoms with E-state index in [2.05, 4.69) is 5.32 Å². The van der Waals surface area contributed by atoms with E-state index < -0.39 is 17.7 Å². The van der Waals surface area contributed by atoms with Gasteiger partial charge in [-0.2, -0.15) is 0 Å². The highest BCUT2D eigenvalue weighted by Crippen LogP contribution is 2.29. The number of para-hydroxylation sites is 1. The number of carbonyl (C=O) groups is 3. The molecule has 4 rings (SSSR count). The molecule has 0 fully saturated rings. The summed E-state index contributed by atoms with van der Waals surface area (Å²) in [4.78, 5) is 38.5. The van der Waals surface area contributed by atoms with Gasteiger partial charge in [-0.15, -0.1) is 0 Å². The van der Waals surface area contributed by atoms with Crippen LogP contribution in [0.3, 0.4) is 0 Å². The number of carbonyl (C=O) groups excluding carboxylic acids is 3. The Balaban J connectivity index is 1.47. The van der Waals surface area contributed by atoms with Crippen LogP contribution in [0.15, 0.2) is 72.8 Å². The van der Waals surface area contributed by atoms with Crippen molar-refractivity contribution in [2.24, 2.45) is 0 Å². The molecule has 144 valence electrons. The molecule has 1 N–H and O–H groups in total. The first-order chi connectivity index (χ1) is 14.0. The molecule has 1 heterocycles. The standard InChI is InChI=1S/C22H15ClN2O4/c23-18-10-3-4-11-19(18)29-13-20(26)24-14-6-5-7-15(12-14)25-21(27)16-8-1-2-9-17(16)22(25)28/h1-12H,13H2,(H,24,26). The molecule has 3 amide bonds. The number of anilines is 2. The first kappa shape index (κ1) is 18.7. The quantitative estimate of drug-likeness (QED) is 0.645. The van der Waals surface area contributed by atoms with Crippen LogP contribution in [0.1, 0.15) is 20.7 Å². The Hall–Kier alpha value is -3.64. The van der Waals surface area contributed by atoms with Gasteiger partial charge in [0.15, 0.2) is 6.61 Å². The zero-order valence-corrected chi connectivity index (χ0v) is 15.8. The Labute approximate surface area is 171 Å². The molecule has 0 aromatic heterocycles. The van der Waals surface area contributed by atoms with Gasteiger partial charge in [0.25, 0.3) is 17.7 Å². The van der Waals surface area contributed by atoms with E-state index in [0.717, 1.165) is 4.90 Å². The fourth-order valence-corrected chi connectivity index (χ4v) is 3.24. The molecule has 3 aromatic rings. The van der Waals surface area contributed by atoms with Gasteiger partial charge >= 0.3 is 0 Å². The predicted octanol–water partition coefficient (Wildman–Crippen LogP) is 4.16. The van der Waals surface area contributed by atoms with Crippen LogP contribution < -0.4 is 15.0 Å². The lowest BCUT2D eigenvalue weighted by Crippen LogP contribution is -2.29. The van der Waals surface area contributed by atoms with Crippen LogP contribution in [-0.4, -0.2) is 24.3 Å². The van der Waals surface area contributed by atoms with Gasteiger partial charge in [0.2, 0.25) is 0 Å². The average molecular weight is 407 g/mol. The Morgan fingerprint density at radius 2 is 1.55 bits per heavy atom. The number of halogens is 1. The largest absolute Gasteiger partial charge is 0.482 e. The van der Waals surface area contributed by atoms with E-state index in [-0.39, 0.29) is 6.61 Å². The zero-order valence-electron chi connectivity index (χ0n) is 15.1. The van der Waals surface area contributed by atoms with E-state index in [1.807, 2.05) is 0 Å². The fraction of sp³-hybridized carbons (Fsp3) is 0.0455. The van der Waals surface area contributed by atoms with Crippen LogP contribution in [0.4, 0.5) is 11.4 Å². The molecule has 0 spiro atoms. The van der Waals surface area contributed by atoms with E-state index in [4.69, 9.17) is 16.3 Å². The van der Waals surface area contributed by atoms with Gasteiger partial charge in [0.1, 0.15) is 5.75 Å². The van der Waals surface area contributed by atoms with E-state index in [1.165, 1.54) is 0 Å². The van der Waals surface area contributed by atoms with Crippen molar-refractivity contribution in [3.63, 3.8) is 0 Å². The highest BCUT2D eigenvalue weighted by molar-refractivity contribution is 6.34. The molecule has 0 saturated heterocycles. The molecule has 0 saturated carbocycles. The van der Waals surface area contributed by atoms with E-state index >= 15 is 0 Å². The van der Waals surface area contributed by atoms with Gasteiger partial charge < -0.3 is 10.1 Å². The minimum absolute atomic E-state index is 0.235. The number of hydrogen-bond acceptors (Lipinski definition) is 4. The molecular weight excluding hydrogens is 392 g/mol. The maximum Gasteiger partial charge on any atom is 0.266 e. The van der Waals surface area contributed by atoms with Crippen LogP contribution in [0.2, 0.25) is 5.02 Å². The number of fused-ring (bicyclic) bond motifs is 1. The summed E-state index contributed by atoms with van der Waals surface area (Å²) in [6, 6.07) is 20.0. The summed E-state index contributed by atoms with van der Waals surface area (Å²) in [5.74, 6) is -0.777. The molecule has 0 atom stereocenters. The number of rotatable bonds is 5. The highest BCUT2D eigenvalue weighted by atomic mass is 35.5. The Kier molecular flexibility index (Phi) is 5.01. The van der Waals surface area contributed by atoms with Crippen molar-refractivity contribution in [2.45, 2.75) is 0 Å². The molecule has 0 unspecified atom stereocenters. The topological polar surface area (TPSA) is 75.7 Å². The average Bonchev–Trinajstić information content (AvgIpc) is 2.98. The molecule has 0 radical (unpaired) electrons. The van der Waals surface area contributed by atoms with Crippen molar-refractivity contribution in [3.8, 4) is 5.75 Å². The monoisotopic (exact) mass is 406 g/mol. The van der Waals surface area contributed by atoms with Crippen LogP contribution >= 0.6 is 11.6 Å². The van der Waals surface area contributed by atoms with E-state index in [0.29, 0.717) is 33.3 Å². The second kappa shape index (κ2) is 7.77. The molecule has 0 bridgehead atoms. The summed E-state index contributed by atoms with van der Waals surface area (Å²) >= 11 is 6.00. The van der Waals surface area contributed by atoms with E-state index in [1.54, 1.807) is 72.8 Å². The lowest BCUT2D eigenvalue weighted by Gasteiger charge is -2.15. The van der Waals surface area contributed by atoms with Gasteiger partial charge in [-0.05, 0) is 42.5 Å². The number of imide groups is 1. The predicted molar refractivity (Wildman–Crippen MR) is 110 cm³/mol. The van der Waals surface area contributed by atoms with Crippen LogP contribution in [0, 0.1) is 0 Å². The Morgan fingerprint density at radius 1 is 0.897 bits per heavy atom. The van der Waals surface area contributed by atoms with Crippen LogP contribution in [0.25, 0.3) is 0 Å². The molecule has 0 aliphatic carbocycles. The SMILES string of the molecule is O=C(COc1ccccc1Cl)Nc1cccc(N2C(=O)c3ccccc3C2=O)c1. The van der Waals surface area contributed by atoms with Gasteiger partial charge in [-0.3, -0.25) is 14.4 Å². The van der Waals surface area contributed by atoms with E-state index in [9.17, 15) is 14.4 Å². The fourth-order valence-electron chi connectivity index (χ4n) is 3.05. The molecule has 1 aliphatic heterocycles. The number of nitrogens with one attached hydrogen (secondary N) is 1. The normalized spacial score (nSPS) is 12.7. The van der Waals surface area contributed by atoms with Gasteiger partial charge in [-0.1, -0.05) is 41.9 Å². The van der Waals surface area contributed by atoms with Gasteiger partial charge in [-0.25, -0.2) is 4.90 Å². The molecule has 6 nitrogen and oxygen atoms in total. The maximum atomic E-state index is 12.6. The summed E-state index contributed by atoms with van der Waals surface area (Å²) in [6.45, 7) is -0.235. The maximum absolute atomic E-state index is 12.6. The van der Waals surface area contributed by atoms with Gasteiger partial charge in [0, 0.05) is 5.69 Å². The van der Waals surface area contributed by atoms with Crippen molar-refractivity contribution < 1.29 is 19.1 Å². The molecule has 1 aliphatic rings. The van der Waals surface area contributed by atoms with Crippen molar-refractivity contribution in [2.75, 3.05) is 16.8 Å². The third kappa shape index (κ3) is 3.70. The summed E-state index contributed by atoms with van der Waals surface area (Å²) < 4.78 is 5.41. The van der Waals surface area contributed by atoms with Crippen molar-refractivity contribution in [1.29, 1.82) is 0 Å². The number of benzene rings is 3. The molecule has 29 heavy (non-hydrogen) atoms. The van der Waals surface area contributed by atoms with Crippen LogP contribution in [0.5, 0.6) is 5.75 Å². The number of nitrogens with zero attached hydrogens (tertiary/aromatic N) is 1. The Bertz CT molecular complexity index is 1090. The summed E-state index contributed by atoms with van der Waals surface area (Å²) in [7, 11) is 0. The molecule has 3 aromatic carbocycles. The first-order valence-corrected chi connectivity index (χ1v) is 9.17. The first-order valence-electron chi connectivity index (χ1n) is 8.79. The summed E-state index contributed by atoms with van der Waals surface area (Å²) in [5.41, 5.74) is 1.54. The number of ether oxygens (including phenoxy) is 1. The minimum Gasteiger partial charge on any atom is -0.482 e. The molecular formula is C22H15ClN2O4. The lowest BCUT2D eigenvalue weighted by molar-refractivity contribution is -0.118.